The predicted octanol–water partition coefficient (Wildman–Crippen LogP) is -1.01. The van der Waals surface area contributed by atoms with Crippen LogP contribution in [0.3, 0.4) is 0 Å². The number of nitrogens with zero attached hydrogens (tertiary/aromatic N) is 2. The molecule has 1 heterocycles. The normalized spacial score (nSPS) is 12.0. The number of esters is 1. The molecule has 1 rings (SSSR count). The summed E-state index contributed by atoms with van der Waals surface area (Å²) in [7, 11) is 2.87. The summed E-state index contributed by atoms with van der Waals surface area (Å²) < 4.78 is 5.84. The maximum absolute atomic E-state index is 11.7. The summed E-state index contributed by atoms with van der Waals surface area (Å²) in [6, 6.07) is 0. The molecule has 0 aliphatic heterocycles. The minimum Gasteiger partial charge on any atom is -0.467 e. The monoisotopic (exact) mass is 241 g/mol. The Kier molecular flexibility index (Phi) is 4.22. The third-order valence-corrected chi connectivity index (χ3v) is 2.19. The number of nitrogens with one attached hydrogen (secondary N) is 1. The maximum Gasteiger partial charge on any atom is 0.336 e. The van der Waals surface area contributed by atoms with Crippen molar-refractivity contribution in [2.24, 2.45) is 7.05 Å². The van der Waals surface area contributed by atoms with E-state index in [1.165, 1.54) is 11.8 Å². The van der Waals surface area contributed by atoms with Gasteiger partial charge in [-0.2, -0.15) is 5.10 Å². The van der Waals surface area contributed by atoms with Gasteiger partial charge < -0.3 is 15.2 Å². The highest BCUT2D eigenvalue weighted by atomic mass is 16.5. The Balaban J connectivity index is 2.56. The van der Waals surface area contributed by atoms with E-state index in [1.54, 1.807) is 20.2 Å². The number of aliphatic hydroxyl groups is 1. The van der Waals surface area contributed by atoms with Gasteiger partial charge in [0.1, 0.15) is 0 Å². The minimum atomic E-state index is -1.36. The number of aryl methyl sites for hydroxylation is 2. The summed E-state index contributed by atoms with van der Waals surface area (Å²) in [5.41, 5.74) is 0.988. The Morgan fingerprint density at radius 1 is 1.65 bits per heavy atom. The van der Waals surface area contributed by atoms with Gasteiger partial charge in [-0.25, -0.2) is 4.79 Å². The molecule has 7 heteroatoms. The third-order valence-electron chi connectivity index (χ3n) is 2.19. The molecule has 7 nitrogen and oxygen atoms in total. The minimum absolute atomic E-state index is 0.195. The van der Waals surface area contributed by atoms with Gasteiger partial charge in [-0.1, -0.05) is 0 Å². The van der Waals surface area contributed by atoms with E-state index in [0.717, 1.165) is 0 Å². The highest BCUT2D eigenvalue weighted by Gasteiger charge is 2.18. The van der Waals surface area contributed by atoms with Crippen LogP contribution in [0.25, 0.3) is 0 Å². The van der Waals surface area contributed by atoms with Crippen LogP contribution in [0.5, 0.6) is 0 Å². The van der Waals surface area contributed by atoms with Crippen molar-refractivity contribution >= 4 is 11.9 Å². The van der Waals surface area contributed by atoms with Crippen LogP contribution in [0.2, 0.25) is 0 Å². The molecule has 0 aliphatic rings. The topological polar surface area (TPSA) is 93.5 Å². The summed E-state index contributed by atoms with van der Waals surface area (Å²) >= 11 is 0. The molecule has 1 aromatic rings. The number of methoxy groups -OCH3 is 1. The fraction of sp³-hybridized carbons (Fsp3) is 0.500. The second-order valence-corrected chi connectivity index (χ2v) is 3.55. The number of ether oxygens (including phenoxy) is 1. The summed E-state index contributed by atoms with van der Waals surface area (Å²) in [5, 5.41) is 15.7. The molecular weight excluding hydrogens is 226 g/mol. The van der Waals surface area contributed by atoms with Gasteiger partial charge in [0.05, 0.1) is 24.9 Å². The zero-order valence-corrected chi connectivity index (χ0v) is 9.93. The van der Waals surface area contributed by atoms with Gasteiger partial charge in [-0.05, 0) is 6.92 Å². The van der Waals surface area contributed by atoms with Gasteiger partial charge in [0.15, 0.2) is 6.10 Å². The van der Waals surface area contributed by atoms with Crippen LogP contribution in [0.15, 0.2) is 6.20 Å². The lowest BCUT2D eigenvalue weighted by Crippen LogP contribution is -2.37. The Morgan fingerprint density at radius 3 is 2.76 bits per heavy atom. The molecule has 1 aromatic heterocycles. The third kappa shape index (κ3) is 3.28. The van der Waals surface area contributed by atoms with E-state index in [-0.39, 0.29) is 6.54 Å². The van der Waals surface area contributed by atoms with Crippen LogP contribution in [0.4, 0.5) is 0 Å². The number of carbonyl (C=O) groups excluding carboxylic acids is 2. The number of carbonyl (C=O) groups is 2. The van der Waals surface area contributed by atoms with E-state index >= 15 is 0 Å². The standard InChI is InChI=1S/C10H15N3O4/c1-6-7(5-13(2)12-6)9(15)11-4-8(14)10(16)17-3/h5,8,14H,4H2,1-3H3,(H,11,15). The van der Waals surface area contributed by atoms with E-state index in [9.17, 15) is 14.7 Å². The van der Waals surface area contributed by atoms with Gasteiger partial charge in [0, 0.05) is 13.2 Å². The first-order valence-electron chi connectivity index (χ1n) is 5.00. The molecule has 2 N–H and O–H groups in total. The average Bonchev–Trinajstić information content (AvgIpc) is 2.63. The number of amides is 1. The van der Waals surface area contributed by atoms with Crippen molar-refractivity contribution in [2.75, 3.05) is 13.7 Å². The Morgan fingerprint density at radius 2 is 2.29 bits per heavy atom. The Hall–Kier alpha value is -1.89. The molecule has 0 bridgehead atoms. The first kappa shape index (κ1) is 13.2. The van der Waals surface area contributed by atoms with E-state index in [1.807, 2.05) is 0 Å². The first-order valence-corrected chi connectivity index (χ1v) is 5.00. The van der Waals surface area contributed by atoms with Crippen molar-refractivity contribution in [1.29, 1.82) is 0 Å². The zero-order chi connectivity index (χ0) is 13.0. The fourth-order valence-corrected chi connectivity index (χ4v) is 1.33. The van der Waals surface area contributed by atoms with Gasteiger partial charge in [-0.15, -0.1) is 0 Å². The Labute approximate surface area is 98.4 Å². The molecule has 0 aliphatic carbocycles. The fourth-order valence-electron chi connectivity index (χ4n) is 1.33. The molecule has 0 spiro atoms. The average molecular weight is 241 g/mol. The number of hydrogen-bond donors (Lipinski definition) is 2. The Bertz CT molecular complexity index is 427. The molecule has 0 aromatic carbocycles. The zero-order valence-electron chi connectivity index (χ0n) is 9.93. The van der Waals surface area contributed by atoms with Crippen molar-refractivity contribution in [3.63, 3.8) is 0 Å². The van der Waals surface area contributed by atoms with E-state index in [0.29, 0.717) is 11.3 Å². The van der Waals surface area contributed by atoms with Crippen molar-refractivity contribution in [1.82, 2.24) is 15.1 Å². The lowest BCUT2D eigenvalue weighted by atomic mass is 10.2. The van der Waals surface area contributed by atoms with Crippen molar-refractivity contribution in [3.05, 3.63) is 17.5 Å². The molecule has 0 fully saturated rings. The molecule has 94 valence electrons. The lowest BCUT2D eigenvalue weighted by molar-refractivity contribution is -0.149. The molecule has 1 atom stereocenters. The maximum atomic E-state index is 11.7. The molecular formula is C10H15N3O4. The van der Waals surface area contributed by atoms with E-state index in [4.69, 9.17) is 0 Å². The quantitative estimate of drug-likeness (QED) is 0.659. The van der Waals surface area contributed by atoms with E-state index < -0.39 is 18.0 Å². The van der Waals surface area contributed by atoms with Crippen LogP contribution in [0.1, 0.15) is 16.1 Å². The summed E-state index contributed by atoms with van der Waals surface area (Å²) in [4.78, 5) is 22.6. The van der Waals surface area contributed by atoms with Gasteiger partial charge in [-0.3, -0.25) is 9.48 Å². The molecule has 1 unspecified atom stereocenters. The summed E-state index contributed by atoms with van der Waals surface area (Å²) in [6.45, 7) is 1.51. The van der Waals surface area contributed by atoms with Crippen molar-refractivity contribution in [3.8, 4) is 0 Å². The first-order chi connectivity index (χ1) is 7.95. The molecule has 1 amide bonds. The predicted molar refractivity (Wildman–Crippen MR) is 58.3 cm³/mol. The van der Waals surface area contributed by atoms with Gasteiger partial charge in [0.25, 0.3) is 5.91 Å². The number of aliphatic hydroxyl groups excluding tert-OH is 1. The molecule has 17 heavy (non-hydrogen) atoms. The van der Waals surface area contributed by atoms with Crippen molar-refractivity contribution in [2.45, 2.75) is 13.0 Å². The van der Waals surface area contributed by atoms with Gasteiger partial charge >= 0.3 is 5.97 Å². The highest BCUT2D eigenvalue weighted by Crippen LogP contribution is 2.03. The summed E-state index contributed by atoms with van der Waals surface area (Å²) in [6.07, 6.45) is 0.204. The highest BCUT2D eigenvalue weighted by molar-refractivity contribution is 5.95. The number of aromatic nitrogens is 2. The summed E-state index contributed by atoms with van der Waals surface area (Å²) in [5.74, 6) is -1.17. The molecule has 0 radical (unpaired) electrons. The smallest absolute Gasteiger partial charge is 0.336 e. The van der Waals surface area contributed by atoms with E-state index in [2.05, 4.69) is 15.2 Å². The number of hydrogen-bond acceptors (Lipinski definition) is 5. The molecule has 0 saturated carbocycles. The van der Waals surface area contributed by atoms with Crippen LogP contribution < -0.4 is 5.32 Å². The second kappa shape index (κ2) is 5.44. The van der Waals surface area contributed by atoms with Crippen LogP contribution in [0, 0.1) is 6.92 Å². The second-order valence-electron chi connectivity index (χ2n) is 3.55. The lowest BCUT2D eigenvalue weighted by Gasteiger charge is -2.09. The van der Waals surface area contributed by atoms with Crippen LogP contribution >= 0.6 is 0 Å². The largest absolute Gasteiger partial charge is 0.467 e. The SMILES string of the molecule is COC(=O)C(O)CNC(=O)c1cn(C)nc1C. The number of rotatable bonds is 4. The molecule has 0 saturated heterocycles. The van der Waals surface area contributed by atoms with Crippen molar-refractivity contribution < 1.29 is 19.4 Å². The van der Waals surface area contributed by atoms with Gasteiger partial charge in [0.2, 0.25) is 0 Å². The van der Waals surface area contributed by atoms with Crippen LogP contribution in [-0.2, 0) is 16.6 Å². The van der Waals surface area contributed by atoms with Crippen LogP contribution in [-0.4, -0.2) is 46.5 Å².